The van der Waals surface area contributed by atoms with Gasteiger partial charge in [-0.15, -0.1) is 0 Å². The summed E-state index contributed by atoms with van der Waals surface area (Å²) < 4.78 is 0. The lowest BCUT2D eigenvalue weighted by molar-refractivity contribution is -0.119. The zero-order valence-electron chi connectivity index (χ0n) is 18.0. The van der Waals surface area contributed by atoms with Crippen LogP contribution in [0.1, 0.15) is 51.3 Å². The third-order valence-electron chi connectivity index (χ3n) is 6.20. The van der Waals surface area contributed by atoms with E-state index in [4.69, 9.17) is 4.84 Å². The zero-order valence-corrected chi connectivity index (χ0v) is 18.0. The summed E-state index contributed by atoms with van der Waals surface area (Å²) in [5, 5.41) is 6.48. The second kappa shape index (κ2) is 10.1. The number of unbranched alkanes of at least 4 members (excludes halogenated alkanes) is 1. The van der Waals surface area contributed by atoms with Crippen LogP contribution < -0.4 is 27.0 Å². The average molecular weight is 418 g/mol. The van der Waals surface area contributed by atoms with Crippen LogP contribution >= 0.6 is 0 Å². The molecule has 4 rings (SSSR count). The van der Waals surface area contributed by atoms with Crippen LogP contribution in [-0.2, 0) is 9.63 Å². The second-order valence-corrected chi connectivity index (χ2v) is 8.34. The molecule has 3 aliphatic rings. The summed E-state index contributed by atoms with van der Waals surface area (Å²) in [5.74, 6) is -0.0212. The minimum Gasteiger partial charge on any atom is -0.324 e. The maximum Gasteiger partial charge on any atom is 0.242 e. The standard InChI is InChI=1S/C21H35N7O2/c1-3-4-12-28-15(2)26-30-21(28)16-7-5-6-8-17(16)23-20(29)18-9-10-19(25-24-18)27-13-11-22-14-27/h5-8,15,18-19,21-22,24-26H,3-4,9-14H2,1-2H3,(H,23,29). The van der Waals surface area contributed by atoms with Gasteiger partial charge >= 0.3 is 0 Å². The quantitative estimate of drug-likeness (QED) is 0.450. The van der Waals surface area contributed by atoms with Gasteiger partial charge < -0.3 is 10.6 Å². The molecule has 3 fully saturated rings. The molecule has 3 saturated heterocycles. The maximum absolute atomic E-state index is 13.0. The lowest BCUT2D eigenvalue weighted by Gasteiger charge is -2.35. The number of hydrazine groups is 1. The fourth-order valence-electron chi connectivity index (χ4n) is 4.37. The molecule has 0 bridgehead atoms. The summed E-state index contributed by atoms with van der Waals surface area (Å²) in [6.07, 6.45) is 4.15. The van der Waals surface area contributed by atoms with Gasteiger partial charge in [0.1, 0.15) is 6.04 Å². The maximum atomic E-state index is 13.0. The van der Waals surface area contributed by atoms with Gasteiger partial charge in [-0.3, -0.25) is 19.4 Å². The van der Waals surface area contributed by atoms with Crippen molar-refractivity contribution in [3.05, 3.63) is 29.8 Å². The Morgan fingerprint density at radius 1 is 1.27 bits per heavy atom. The number of carbonyl (C=O) groups is 1. The molecule has 0 spiro atoms. The average Bonchev–Trinajstić information content (AvgIpc) is 3.43. The molecule has 4 atom stereocenters. The summed E-state index contributed by atoms with van der Waals surface area (Å²) in [7, 11) is 0. The van der Waals surface area contributed by atoms with E-state index in [9.17, 15) is 4.79 Å². The number of nitrogens with zero attached hydrogens (tertiary/aromatic N) is 2. The summed E-state index contributed by atoms with van der Waals surface area (Å²) >= 11 is 0. The van der Waals surface area contributed by atoms with E-state index in [0.29, 0.717) is 0 Å². The summed E-state index contributed by atoms with van der Waals surface area (Å²) in [6, 6.07) is 7.66. The van der Waals surface area contributed by atoms with E-state index >= 15 is 0 Å². The Balaban J connectivity index is 1.38. The third kappa shape index (κ3) is 4.83. The van der Waals surface area contributed by atoms with Crippen molar-refractivity contribution in [1.82, 2.24) is 31.4 Å². The van der Waals surface area contributed by atoms with Crippen molar-refractivity contribution < 1.29 is 9.63 Å². The van der Waals surface area contributed by atoms with Crippen LogP contribution in [0.3, 0.4) is 0 Å². The second-order valence-electron chi connectivity index (χ2n) is 8.34. The number of benzene rings is 1. The molecule has 0 aliphatic carbocycles. The Labute approximate surface area is 178 Å². The molecule has 0 aromatic heterocycles. The van der Waals surface area contributed by atoms with Gasteiger partial charge in [0.15, 0.2) is 6.23 Å². The molecule has 9 heteroatoms. The molecular weight excluding hydrogens is 382 g/mol. The van der Waals surface area contributed by atoms with E-state index in [1.807, 2.05) is 24.3 Å². The number of nitrogens with one attached hydrogen (secondary N) is 5. The van der Waals surface area contributed by atoms with Crippen LogP contribution in [0.15, 0.2) is 24.3 Å². The first-order valence-corrected chi connectivity index (χ1v) is 11.2. The number of amides is 1. The van der Waals surface area contributed by atoms with Crippen molar-refractivity contribution >= 4 is 11.6 Å². The van der Waals surface area contributed by atoms with Crippen LogP contribution in [0, 0.1) is 0 Å². The Morgan fingerprint density at radius 2 is 2.13 bits per heavy atom. The molecule has 30 heavy (non-hydrogen) atoms. The number of rotatable bonds is 7. The van der Waals surface area contributed by atoms with Gasteiger partial charge in [0.05, 0.1) is 12.3 Å². The van der Waals surface area contributed by atoms with Crippen LogP contribution in [0.25, 0.3) is 0 Å². The van der Waals surface area contributed by atoms with Gasteiger partial charge in [0.2, 0.25) is 5.91 Å². The van der Waals surface area contributed by atoms with Crippen molar-refractivity contribution in [3.63, 3.8) is 0 Å². The highest BCUT2D eigenvalue weighted by Gasteiger charge is 2.35. The van der Waals surface area contributed by atoms with Crippen molar-refractivity contribution in [2.75, 3.05) is 31.6 Å². The van der Waals surface area contributed by atoms with Crippen LogP contribution in [-0.4, -0.2) is 60.4 Å². The first kappa shape index (κ1) is 21.6. The van der Waals surface area contributed by atoms with Gasteiger partial charge in [-0.25, -0.2) is 10.9 Å². The lowest BCUT2D eigenvalue weighted by Crippen LogP contribution is -2.60. The largest absolute Gasteiger partial charge is 0.324 e. The number of hydroxylamine groups is 1. The van der Waals surface area contributed by atoms with E-state index in [2.05, 4.69) is 50.6 Å². The molecule has 166 valence electrons. The topological polar surface area (TPSA) is 92.9 Å². The number of hydrogen-bond donors (Lipinski definition) is 5. The minimum atomic E-state index is -0.261. The van der Waals surface area contributed by atoms with Crippen LogP contribution in [0.5, 0.6) is 0 Å². The molecule has 1 aromatic carbocycles. The van der Waals surface area contributed by atoms with Gasteiger partial charge in [-0.1, -0.05) is 31.5 Å². The lowest BCUT2D eigenvalue weighted by atomic mass is 10.1. The number of para-hydroxylation sites is 1. The first-order valence-electron chi connectivity index (χ1n) is 11.2. The number of carbonyl (C=O) groups excluding carboxylic acids is 1. The minimum absolute atomic E-state index is 0.0212. The summed E-state index contributed by atoms with van der Waals surface area (Å²) in [4.78, 5) is 23.5. The molecule has 1 amide bonds. The van der Waals surface area contributed by atoms with E-state index in [0.717, 1.165) is 63.2 Å². The fourth-order valence-corrected chi connectivity index (χ4v) is 4.37. The van der Waals surface area contributed by atoms with Gasteiger partial charge in [-0.2, -0.15) is 5.48 Å². The monoisotopic (exact) mass is 417 g/mol. The number of anilines is 1. The van der Waals surface area contributed by atoms with Crippen molar-refractivity contribution in [2.45, 2.75) is 64.1 Å². The summed E-state index contributed by atoms with van der Waals surface area (Å²) in [6.45, 7) is 8.18. The highest BCUT2D eigenvalue weighted by Crippen LogP contribution is 2.33. The Kier molecular flexibility index (Phi) is 7.32. The number of hydrogen-bond acceptors (Lipinski definition) is 8. The molecule has 3 aliphatic heterocycles. The molecule has 0 saturated carbocycles. The third-order valence-corrected chi connectivity index (χ3v) is 6.20. The Hall–Kier alpha value is -1.59. The van der Waals surface area contributed by atoms with Gasteiger partial charge in [0, 0.05) is 37.6 Å². The molecular formula is C21H35N7O2. The fraction of sp³-hybridized carbons (Fsp3) is 0.667. The molecule has 3 heterocycles. The van der Waals surface area contributed by atoms with Crippen molar-refractivity contribution in [3.8, 4) is 0 Å². The van der Waals surface area contributed by atoms with Crippen molar-refractivity contribution in [1.29, 1.82) is 0 Å². The molecule has 4 unspecified atom stereocenters. The van der Waals surface area contributed by atoms with E-state index in [1.54, 1.807) is 0 Å². The molecule has 1 aromatic rings. The summed E-state index contributed by atoms with van der Waals surface area (Å²) in [5.41, 5.74) is 11.4. The van der Waals surface area contributed by atoms with Crippen LogP contribution in [0.2, 0.25) is 0 Å². The van der Waals surface area contributed by atoms with E-state index in [-0.39, 0.29) is 30.5 Å². The first-order chi connectivity index (χ1) is 14.7. The van der Waals surface area contributed by atoms with Crippen molar-refractivity contribution in [2.24, 2.45) is 0 Å². The predicted octanol–water partition coefficient (Wildman–Crippen LogP) is 1.05. The van der Waals surface area contributed by atoms with E-state index < -0.39 is 0 Å². The molecule has 5 N–H and O–H groups in total. The highest BCUT2D eigenvalue weighted by molar-refractivity contribution is 5.95. The smallest absolute Gasteiger partial charge is 0.242 e. The normalized spacial score (nSPS) is 30.6. The van der Waals surface area contributed by atoms with E-state index in [1.165, 1.54) is 0 Å². The van der Waals surface area contributed by atoms with Gasteiger partial charge in [-0.05, 0) is 32.3 Å². The molecule has 0 radical (unpaired) electrons. The molecule has 9 nitrogen and oxygen atoms in total. The Bertz CT molecular complexity index is 704. The van der Waals surface area contributed by atoms with Gasteiger partial charge in [0.25, 0.3) is 0 Å². The predicted molar refractivity (Wildman–Crippen MR) is 116 cm³/mol. The Morgan fingerprint density at radius 3 is 2.87 bits per heavy atom. The SMILES string of the molecule is CCCCN1C(C)NOC1c1ccccc1NC(=O)C1CCC(N2CCNC2)NN1. The van der Waals surface area contributed by atoms with Crippen LogP contribution in [0.4, 0.5) is 5.69 Å². The highest BCUT2D eigenvalue weighted by atomic mass is 16.7. The zero-order chi connectivity index (χ0) is 20.9.